The van der Waals surface area contributed by atoms with Crippen LogP contribution in [0, 0.1) is 0 Å². The van der Waals surface area contributed by atoms with Crippen molar-refractivity contribution in [3.63, 3.8) is 0 Å². The van der Waals surface area contributed by atoms with E-state index in [1.165, 1.54) is 11.1 Å². The maximum Gasteiger partial charge on any atom is 0.230 e. The molecule has 4 heteroatoms. The van der Waals surface area contributed by atoms with Crippen molar-refractivity contribution in [1.82, 2.24) is 10.6 Å². The Morgan fingerprint density at radius 2 is 1.74 bits per heavy atom. The Balaban J connectivity index is 0.00000264. The van der Waals surface area contributed by atoms with Crippen LogP contribution in [0.1, 0.15) is 63.0 Å². The summed E-state index contributed by atoms with van der Waals surface area (Å²) in [5, 5.41) is 6.27. The average Bonchev–Trinajstić information content (AvgIpc) is 3.02. The van der Waals surface area contributed by atoms with Crippen molar-refractivity contribution in [1.29, 1.82) is 0 Å². The lowest BCUT2D eigenvalue weighted by atomic mass is 9.77. The zero-order valence-corrected chi connectivity index (χ0v) is 15.5. The van der Waals surface area contributed by atoms with Crippen LogP contribution in [0.5, 0.6) is 0 Å². The number of benzene rings is 1. The summed E-state index contributed by atoms with van der Waals surface area (Å²) in [6.07, 6.45) is 5.23. The predicted molar refractivity (Wildman–Crippen MR) is 99.5 cm³/mol. The summed E-state index contributed by atoms with van der Waals surface area (Å²) in [6, 6.07) is 8.73. The highest BCUT2D eigenvalue weighted by atomic mass is 35.5. The van der Waals surface area contributed by atoms with Crippen LogP contribution < -0.4 is 10.6 Å². The molecular formula is C19H31ClN2O. The van der Waals surface area contributed by atoms with Gasteiger partial charge in [0.2, 0.25) is 5.91 Å². The third-order valence-corrected chi connectivity index (χ3v) is 4.91. The van der Waals surface area contributed by atoms with Gasteiger partial charge in [0.25, 0.3) is 0 Å². The zero-order valence-electron chi connectivity index (χ0n) is 14.7. The van der Waals surface area contributed by atoms with Crippen molar-refractivity contribution in [2.75, 3.05) is 20.1 Å². The van der Waals surface area contributed by atoms with Crippen LogP contribution >= 0.6 is 12.4 Å². The Morgan fingerprint density at radius 3 is 2.26 bits per heavy atom. The van der Waals surface area contributed by atoms with E-state index in [1.54, 1.807) is 0 Å². The van der Waals surface area contributed by atoms with Gasteiger partial charge in [0.15, 0.2) is 0 Å². The van der Waals surface area contributed by atoms with E-state index in [2.05, 4.69) is 48.7 Å². The first-order chi connectivity index (χ1) is 10.6. The van der Waals surface area contributed by atoms with E-state index in [4.69, 9.17) is 0 Å². The fourth-order valence-electron chi connectivity index (χ4n) is 3.45. The maximum absolute atomic E-state index is 12.8. The first-order valence-electron chi connectivity index (χ1n) is 8.63. The summed E-state index contributed by atoms with van der Waals surface area (Å²) >= 11 is 0. The lowest BCUT2D eigenvalue weighted by Crippen LogP contribution is -2.43. The van der Waals surface area contributed by atoms with E-state index >= 15 is 0 Å². The second-order valence-electron chi connectivity index (χ2n) is 6.78. The van der Waals surface area contributed by atoms with Gasteiger partial charge in [-0.25, -0.2) is 0 Å². The molecule has 0 heterocycles. The Bertz CT molecular complexity index is 479. The third kappa shape index (κ3) is 4.71. The number of halogens is 1. The predicted octanol–water partition coefficient (Wildman–Crippen LogP) is 3.77. The van der Waals surface area contributed by atoms with Gasteiger partial charge in [-0.3, -0.25) is 4.79 Å². The standard InChI is InChI=1S/C19H30N2O.ClH/c1-15(2)16-7-9-17(10-8-16)19(11-4-5-12-19)18(22)21-14-6-13-20-3;/h7-10,15,20H,4-6,11-14H2,1-3H3,(H,21,22);1H. The molecule has 0 aromatic heterocycles. The minimum absolute atomic E-state index is 0. The van der Waals surface area contributed by atoms with Gasteiger partial charge in [0, 0.05) is 6.54 Å². The van der Waals surface area contributed by atoms with Gasteiger partial charge in [-0.1, -0.05) is 51.0 Å². The molecule has 1 aromatic carbocycles. The van der Waals surface area contributed by atoms with Crippen molar-refractivity contribution in [2.45, 2.75) is 57.3 Å². The summed E-state index contributed by atoms with van der Waals surface area (Å²) in [4.78, 5) is 12.8. The number of amides is 1. The second kappa shape index (κ2) is 9.29. The molecule has 0 aliphatic heterocycles. The highest BCUT2D eigenvalue weighted by Gasteiger charge is 2.42. The lowest BCUT2D eigenvalue weighted by molar-refractivity contribution is -0.126. The summed E-state index contributed by atoms with van der Waals surface area (Å²) < 4.78 is 0. The van der Waals surface area contributed by atoms with Crippen LogP contribution in [0.15, 0.2) is 24.3 Å². The topological polar surface area (TPSA) is 41.1 Å². The highest BCUT2D eigenvalue weighted by molar-refractivity contribution is 5.88. The van der Waals surface area contributed by atoms with Crippen LogP contribution in [-0.4, -0.2) is 26.0 Å². The summed E-state index contributed by atoms with van der Waals surface area (Å²) in [6.45, 7) is 6.10. The minimum Gasteiger partial charge on any atom is -0.355 e. The van der Waals surface area contributed by atoms with Crippen LogP contribution in [0.3, 0.4) is 0 Å². The Hall–Kier alpha value is -1.06. The normalized spacial score (nSPS) is 16.2. The summed E-state index contributed by atoms with van der Waals surface area (Å²) in [5.41, 5.74) is 2.24. The Labute approximate surface area is 147 Å². The summed E-state index contributed by atoms with van der Waals surface area (Å²) in [5.74, 6) is 0.752. The van der Waals surface area contributed by atoms with E-state index in [-0.39, 0.29) is 23.7 Å². The van der Waals surface area contributed by atoms with Gasteiger partial charge in [-0.05, 0) is 49.9 Å². The molecule has 2 rings (SSSR count). The first kappa shape index (κ1) is 20.0. The van der Waals surface area contributed by atoms with Gasteiger partial charge >= 0.3 is 0 Å². The monoisotopic (exact) mass is 338 g/mol. The zero-order chi connectivity index (χ0) is 16.0. The van der Waals surface area contributed by atoms with E-state index in [0.29, 0.717) is 5.92 Å². The van der Waals surface area contributed by atoms with Gasteiger partial charge in [0.1, 0.15) is 0 Å². The Kier molecular flexibility index (Phi) is 8.07. The van der Waals surface area contributed by atoms with E-state index in [0.717, 1.165) is 45.2 Å². The molecule has 1 saturated carbocycles. The molecule has 1 fully saturated rings. The number of carbonyl (C=O) groups excluding carboxylic acids is 1. The molecule has 3 nitrogen and oxygen atoms in total. The van der Waals surface area contributed by atoms with E-state index < -0.39 is 0 Å². The van der Waals surface area contributed by atoms with Gasteiger partial charge < -0.3 is 10.6 Å². The molecule has 0 radical (unpaired) electrons. The quantitative estimate of drug-likeness (QED) is 0.743. The van der Waals surface area contributed by atoms with Gasteiger partial charge in [0.05, 0.1) is 5.41 Å². The molecule has 2 N–H and O–H groups in total. The average molecular weight is 339 g/mol. The number of hydrogen-bond donors (Lipinski definition) is 2. The number of carbonyl (C=O) groups is 1. The molecule has 1 aromatic rings. The molecule has 23 heavy (non-hydrogen) atoms. The van der Waals surface area contributed by atoms with Crippen molar-refractivity contribution in [3.05, 3.63) is 35.4 Å². The fraction of sp³-hybridized carbons (Fsp3) is 0.632. The van der Waals surface area contributed by atoms with Crippen LogP contribution in [0.2, 0.25) is 0 Å². The third-order valence-electron chi connectivity index (χ3n) is 4.91. The highest BCUT2D eigenvalue weighted by Crippen LogP contribution is 2.41. The van der Waals surface area contributed by atoms with Crippen molar-refractivity contribution >= 4 is 18.3 Å². The molecule has 0 atom stereocenters. The van der Waals surface area contributed by atoms with E-state index in [1.807, 2.05) is 7.05 Å². The lowest BCUT2D eigenvalue weighted by Gasteiger charge is -2.28. The largest absolute Gasteiger partial charge is 0.355 e. The Morgan fingerprint density at radius 1 is 1.13 bits per heavy atom. The maximum atomic E-state index is 12.8. The summed E-state index contributed by atoms with van der Waals surface area (Å²) in [7, 11) is 1.94. The molecule has 1 amide bonds. The first-order valence-corrected chi connectivity index (χ1v) is 8.63. The molecular weight excluding hydrogens is 308 g/mol. The molecule has 0 unspecified atom stereocenters. The van der Waals surface area contributed by atoms with Crippen LogP contribution in [-0.2, 0) is 10.2 Å². The van der Waals surface area contributed by atoms with Gasteiger partial charge in [-0.2, -0.15) is 0 Å². The molecule has 0 spiro atoms. The van der Waals surface area contributed by atoms with Crippen molar-refractivity contribution in [3.8, 4) is 0 Å². The number of rotatable bonds is 7. The van der Waals surface area contributed by atoms with E-state index in [9.17, 15) is 4.79 Å². The molecule has 0 saturated heterocycles. The van der Waals surface area contributed by atoms with Crippen molar-refractivity contribution < 1.29 is 4.79 Å². The van der Waals surface area contributed by atoms with Gasteiger partial charge in [-0.15, -0.1) is 12.4 Å². The minimum atomic E-state index is -0.296. The second-order valence-corrected chi connectivity index (χ2v) is 6.78. The SMILES string of the molecule is CNCCCNC(=O)C1(c2ccc(C(C)C)cc2)CCCC1.Cl. The molecule has 130 valence electrons. The molecule has 0 bridgehead atoms. The van der Waals surface area contributed by atoms with Crippen LogP contribution in [0.25, 0.3) is 0 Å². The molecule has 1 aliphatic carbocycles. The van der Waals surface area contributed by atoms with Crippen LogP contribution in [0.4, 0.5) is 0 Å². The number of hydrogen-bond acceptors (Lipinski definition) is 2. The fourth-order valence-corrected chi connectivity index (χ4v) is 3.45. The molecule has 1 aliphatic rings. The smallest absolute Gasteiger partial charge is 0.230 e. The number of nitrogens with one attached hydrogen (secondary N) is 2. The van der Waals surface area contributed by atoms with Crippen molar-refractivity contribution in [2.24, 2.45) is 0 Å².